The third-order valence-electron chi connectivity index (χ3n) is 2.62. The molecule has 88 valence electrons. The molecule has 1 fully saturated rings. The molecular formula is C12H16ClNO2. The van der Waals surface area contributed by atoms with Crippen LogP contribution in [-0.4, -0.2) is 32.6 Å². The first-order valence-electron chi connectivity index (χ1n) is 5.49. The second-order valence-electron chi connectivity index (χ2n) is 3.77. The highest BCUT2D eigenvalue weighted by Gasteiger charge is 2.12. The molecule has 1 heterocycles. The number of halogens is 1. The molecule has 1 saturated heterocycles. The predicted molar refractivity (Wildman–Crippen MR) is 65.0 cm³/mol. The molecule has 3 nitrogen and oxygen atoms in total. The van der Waals surface area contributed by atoms with Crippen molar-refractivity contribution in [1.82, 2.24) is 0 Å². The smallest absolute Gasteiger partial charge is 0.154 e. The molecule has 16 heavy (non-hydrogen) atoms. The van der Waals surface area contributed by atoms with Crippen LogP contribution in [0.25, 0.3) is 0 Å². The van der Waals surface area contributed by atoms with Gasteiger partial charge in [0.15, 0.2) is 6.29 Å². The third-order valence-corrected chi connectivity index (χ3v) is 2.87. The van der Waals surface area contributed by atoms with Crippen molar-refractivity contribution >= 4 is 17.3 Å². The van der Waals surface area contributed by atoms with Gasteiger partial charge in [0.2, 0.25) is 0 Å². The van der Waals surface area contributed by atoms with E-state index in [0.29, 0.717) is 13.2 Å². The van der Waals surface area contributed by atoms with Gasteiger partial charge in [-0.2, -0.15) is 0 Å². The summed E-state index contributed by atoms with van der Waals surface area (Å²) in [5.41, 5.74) is 1.16. The standard InChI is InChI=1S/C12H16ClNO2/c1-10-15-8-6-14(7-9-16-10)12-4-2-11(13)3-5-12/h2-5,10H,6-9H2,1H3. The Bertz CT molecular complexity index is 318. The van der Waals surface area contributed by atoms with E-state index < -0.39 is 0 Å². The number of ether oxygens (including phenoxy) is 2. The van der Waals surface area contributed by atoms with Gasteiger partial charge in [-0.25, -0.2) is 0 Å². The lowest BCUT2D eigenvalue weighted by Gasteiger charge is -2.29. The Hall–Kier alpha value is -0.770. The molecule has 0 unspecified atom stereocenters. The molecule has 0 saturated carbocycles. The van der Waals surface area contributed by atoms with Crippen molar-refractivity contribution in [3.05, 3.63) is 29.3 Å². The number of benzene rings is 1. The fourth-order valence-corrected chi connectivity index (χ4v) is 1.85. The first kappa shape index (κ1) is 11.7. The average molecular weight is 242 g/mol. The summed E-state index contributed by atoms with van der Waals surface area (Å²) in [6.07, 6.45) is -0.0904. The van der Waals surface area contributed by atoms with E-state index in [2.05, 4.69) is 4.90 Å². The summed E-state index contributed by atoms with van der Waals surface area (Å²) in [6.45, 7) is 5.07. The topological polar surface area (TPSA) is 21.7 Å². The molecule has 0 amide bonds. The highest BCUT2D eigenvalue weighted by atomic mass is 35.5. The summed E-state index contributed by atoms with van der Waals surface area (Å²) >= 11 is 5.86. The van der Waals surface area contributed by atoms with Gasteiger partial charge in [0, 0.05) is 23.8 Å². The van der Waals surface area contributed by atoms with E-state index >= 15 is 0 Å². The second kappa shape index (κ2) is 5.53. The molecular weight excluding hydrogens is 226 g/mol. The molecule has 4 heteroatoms. The van der Waals surface area contributed by atoms with Gasteiger partial charge in [-0.15, -0.1) is 0 Å². The van der Waals surface area contributed by atoms with E-state index in [0.717, 1.165) is 23.8 Å². The predicted octanol–water partition coefficient (Wildman–Crippen LogP) is 2.54. The quantitative estimate of drug-likeness (QED) is 0.754. The van der Waals surface area contributed by atoms with Crippen LogP contribution in [0.1, 0.15) is 6.92 Å². The largest absolute Gasteiger partial charge is 0.367 e. The van der Waals surface area contributed by atoms with Crippen LogP contribution in [0.5, 0.6) is 0 Å². The molecule has 0 N–H and O–H groups in total. The molecule has 0 spiro atoms. The summed E-state index contributed by atoms with van der Waals surface area (Å²) in [7, 11) is 0. The number of anilines is 1. The molecule has 0 aliphatic carbocycles. The monoisotopic (exact) mass is 241 g/mol. The van der Waals surface area contributed by atoms with Crippen LogP contribution in [0.3, 0.4) is 0 Å². The lowest BCUT2D eigenvalue weighted by atomic mass is 10.3. The molecule has 0 atom stereocenters. The Morgan fingerprint density at radius 2 is 1.69 bits per heavy atom. The van der Waals surface area contributed by atoms with Gasteiger partial charge >= 0.3 is 0 Å². The van der Waals surface area contributed by atoms with E-state index in [1.807, 2.05) is 31.2 Å². The van der Waals surface area contributed by atoms with Gasteiger partial charge in [0.1, 0.15) is 0 Å². The zero-order valence-corrected chi connectivity index (χ0v) is 10.1. The van der Waals surface area contributed by atoms with Crippen LogP contribution < -0.4 is 4.90 Å². The maximum Gasteiger partial charge on any atom is 0.154 e. The van der Waals surface area contributed by atoms with E-state index in [-0.39, 0.29) is 6.29 Å². The highest BCUT2D eigenvalue weighted by molar-refractivity contribution is 6.30. The molecule has 0 bridgehead atoms. The minimum absolute atomic E-state index is 0.0904. The van der Waals surface area contributed by atoms with Crippen LogP contribution in [-0.2, 0) is 9.47 Å². The Morgan fingerprint density at radius 3 is 2.25 bits per heavy atom. The van der Waals surface area contributed by atoms with Gasteiger partial charge in [0.05, 0.1) is 13.2 Å². The lowest BCUT2D eigenvalue weighted by Crippen LogP contribution is -2.36. The fourth-order valence-electron chi connectivity index (χ4n) is 1.73. The van der Waals surface area contributed by atoms with Crippen molar-refractivity contribution < 1.29 is 9.47 Å². The van der Waals surface area contributed by atoms with Crippen LogP contribution in [0.4, 0.5) is 5.69 Å². The molecule has 1 aliphatic heterocycles. The minimum Gasteiger partial charge on any atom is -0.367 e. The van der Waals surface area contributed by atoms with E-state index in [4.69, 9.17) is 21.1 Å². The zero-order valence-electron chi connectivity index (χ0n) is 9.36. The maximum atomic E-state index is 5.86. The number of nitrogens with zero attached hydrogens (tertiary/aromatic N) is 1. The van der Waals surface area contributed by atoms with Crippen molar-refractivity contribution in [3.8, 4) is 0 Å². The molecule has 0 radical (unpaired) electrons. The number of hydrogen-bond acceptors (Lipinski definition) is 3. The Balaban J connectivity index is 2.00. The Morgan fingerprint density at radius 1 is 1.12 bits per heavy atom. The molecule has 1 aromatic rings. The van der Waals surface area contributed by atoms with Crippen LogP contribution in [0.2, 0.25) is 5.02 Å². The molecule has 1 aromatic carbocycles. The highest BCUT2D eigenvalue weighted by Crippen LogP contribution is 2.18. The summed E-state index contributed by atoms with van der Waals surface area (Å²) in [4.78, 5) is 2.24. The SMILES string of the molecule is CC1OCCN(c2ccc(Cl)cc2)CCO1. The van der Waals surface area contributed by atoms with Gasteiger partial charge in [0.25, 0.3) is 0 Å². The minimum atomic E-state index is -0.0904. The molecule has 1 aliphatic rings. The second-order valence-corrected chi connectivity index (χ2v) is 4.21. The number of rotatable bonds is 1. The molecule has 0 aromatic heterocycles. The van der Waals surface area contributed by atoms with Gasteiger partial charge in [-0.3, -0.25) is 0 Å². The summed E-state index contributed by atoms with van der Waals surface area (Å²) in [6, 6.07) is 7.85. The summed E-state index contributed by atoms with van der Waals surface area (Å²) in [5.74, 6) is 0. The van der Waals surface area contributed by atoms with Gasteiger partial charge < -0.3 is 14.4 Å². The van der Waals surface area contributed by atoms with Gasteiger partial charge in [-0.05, 0) is 31.2 Å². The van der Waals surface area contributed by atoms with E-state index in [1.54, 1.807) is 0 Å². The Kier molecular flexibility index (Phi) is 4.04. The maximum absolute atomic E-state index is 5.86. The Labute approximate surface area is 101 Å². The number of hydrogen-bond donors (Lipinski definition) is 0. The zero-order chi connectivity index (χ0) is 11.4. The van der Waals surface area contributed by atoms with Crippen molar-refractivity contribution in [2.75, 3.05) is 31.2 Å². The van der Waals surface area contributed by atoms with Crippen LogP contribution in [0, 0.1) is 0 Å². The summed E-state index contributed by atoms with van der Waals surface area (Å²) < 4.78 is 10.9. The summed E-state index contributed by atoms with van der Waals surface area (Å²) in [5, 5.41) is 0.761. The van der Waals surface area contributed by atoms with Crippen LogP contribution in [0.15, 0.2) is 24.3 Å². The van der Waals surface area contributed by atoms with Crippen molar-refractivity contribution in [3.63, 3.8) is 0 Å². The van der Waals surface area contributed by atoms with Crippen molar-refractivity contribution in [2.24, 2.45) is 0 Å². The first-order chi connectivity index (χ1) is 7.75. The van der Waals surface area contributed by atoms with Crippen LogP contribution >= 0.6 is 11.6 Å². The van der Waals surface area contributed by atoms with Crippen molar-refractivity contribution in [1.29, 1.82) is 0 Å². The molecule has 2 rings (SSSR count). The third kappa shape index (κ3) is 3.11. The average Bonchev–Trinajstić information content (AvgIpc) is 2.25. The van der Waals surface area contributed by atoms with E-state index in [1.165, 1.54) is 0 Å². The fraction of sp³-hybridized carbons (Fsp3) is 0.500. The van der Waals surface area contributed by atoms with E-state index in [9.17, 15) is 0 Å². The lowest BCUT2D eigenvalue weighted by molar-refractivity contribution is -0.132. The van der Waals surface area contributed by atoms with Gasteiger partial charge in [-0.1, -0.05) is 11.6 Å². The normalized spacial score (nSPS) is 19.2. The van der Waals surface area contributed by atoms with Crippen molar-refractivity contribution in [2.45, 2.75) is 13.2 Å². The first-order valence-corrected chi connectivity index (χ1v) is 5.87.